The van der Waals surface area contributed by atoms with Crippen LogP contribution in [0.1, 0.15) is 18.4 Å². The summed E-state index contributed by atoms with van der Waals surface area (Å²) in [6.07, 6.45) is 3.74. The lowest BCUT2D eigenvalue weighted by atomic mass is 9.78. The number of benzene rings is 1. The molecule has 1 amide bonds. The highest BCUT2D eigenvalue weighted by Crippen LogP contribution is 2.33. The van der Waals surface area contributed by atoms with E-state index in [1.807, 2.05) is 42.5 Å². The number of anilines is 1. The van der Waals surface area contributed by atoms with E-state index in [-0.39, 0.29) is 13.2 Å². The van der Waals surface area contributed by atoms with E-state index in [1.54, 1.807) is 12.4 Å². The van der Waals surface area contributed by atoms with Gasteiger partial charge in [-0.2, -0.15) is 0 Å². The molecule has 0 atom stereocenters. The molecule has 142 valence electrons. The molecule has 0 bridgehead atoms. The average molecular weight is 369 g/mol. The fourth-order valence-electron chi connectivity index (χ4n) is 3.23. The molecule has 1 fully saturated rings. The van der Waals surface area contributed by atoms with Gasteiger partial charge in [0, 0.05) is 37.7 Å². The van der Waals surface area contributed by atoms with Gasteiger partial charge >= 0.3 is 12.1 Å². The van der Waals surface area contributed by atoms with Crippen molar-refractivity contribution < 1.29 is 19.4 Å². The number of aliphatic carboxylic acids is 1. The Morgan fingerprint density at radius 1 is 1.11 bits per heavy atom. The van der Waals surface area contributed by atoms with Gasteiger partial charge in [-0.1, -0.05) is 30.3 Å². The molecule has 3 rings (SSSR count). The molecular formula is C20H23N3O4. The first-order chi connectivity index (χ1) is 13.1. The topological polar surface area (TPSA) is 91.8 Å². The summed E-state index contributed by atoms with van der Waals surface area (Å²) in [6.45, 7) is 1.43. The summed E-state index contributed by atoms with van der Waals surface area (Å²) in [4.78, 5) is 30.0. The molecule has 7 heteroatoms. The van der Waals surface area contributed by atoms with Crippen LogP contribution < -0.4 is 10.2 Å². The molecule has 0 unspecified atom stereocenters. The van der Waals surface area contributed by atoms with Gasteiger partial charge in [-0.05, 0) is 30.5 Å². The maximum absolute atomic E-state index is 12.0. The van der Waals surface area contributed by atoms with Crippen LogP contribution >= 0.6 is 0 Å². The Morgan fingerprint density at radius 3 is 2.41 bits per heavy atom. The number of alkyl carbamates (subject to hydrolysis) is 1. The lowest BCUT2D eigenvalue weighted by molar-refractivity contribution is -0.149. The molecule has 1 aliphatic rings. The number of pyridine rings is 1. The lowest BCUT2D eigenvalue weighted by Gasteiger charge is -2.39. The first-order valence-electron chi connectivity index (χ1n) is 8.92. The SMILES string of the molecule is O=C(NCC1(C(=O)O)CCN(c2ccncc2)CC1)OCc1ccccc1. The Bertz CT molecular complexity index is 759. The van der Waals surface area contributed by atoms with Crippen molar-refractivity contribution in [3.63, 3.8) is 0 Å². The number of carboxylic acids is 1. The number of carbonyl (C=O) groups is 2. The summed E-state index contributed by atoms with van der Waals surface area (Å²) < 4.78 is 5.17. The number of aromatic nitrogens is 1. The van der Waals surface area contributed by atoms with Crippen LogP contribution in [0.15, 0.2) is 54.9 Å². The van der Waals surface area contributed by atoms with Crippen molar-refractivity contribution >= 4 is 17.7 Å². The van der Waals surface area contributed by atoms with E-state index in [9.17, 15) is 14.7 Å². The van der Waals surface area contributed by atoms with Gasteiger partial charge in [0.2, 0.25) is 0 Å². The third kappa shape index (κ3) is 4.75. The van der Waals surface area contributed by atoms with Crippen LogP contribution in [0.5, 0.6) is 0 Å². The van der Waals surface area contributed by atoms with Gasteiger partial charge in [0.25, 0.3) is 0 Å². The highest BCUT2D eigenvalue weighted by molar-refractivity contribution is 5.77. The monoisotopic (exact) mass is 369 g/mol. The first-order valence-corrected chi connectivity index (χ1v) is 8.92. The lowest BCUT2D eigenvalue weighted by Crippen LogP contribution is -2.50. The molecule has 2 heterocycles. The minimum atomic E-state index is -0.977. The Labute approximate surface area is 158 Å². The molecular weight excluding hydrogens is 346 g/mol. The molecule has 2 N–H and O–H groups in total. The molecule has 1 saturated heterocycles. The van der Waals surface area contributed by atoms with Crippen LogP contribution in [-0.2, 0) is 16.1 Å². The number of carboxylic acid groups (broad SMARTS) is 1. The van der Waals surface area contributed by atoms with Crippen molar-refractivity contribution in [2.24, 2.45) is 5.41 Å². The molecule has 1 aromatic carbocycles. The third-order valence-corrected chi connectivity index (χ3v) is 4.99. The summed E-state index contributed by atoms with van der Waals surface area (Å²) in [5.74, 6) is -0.889. The van der Waals surface area contributed by atoms with E-state index in [2.05, 4.69) is 15.2 Å². The number of rotatable bonds is 6. The molecule has 7 nitrogen and oxygen atoms in total. The molecule has 0 aliphatic carbocycles. The summed E-state index contributed by atoms with van der Waals surface area (Å²) in [6, 6.07) is 13.2. The molecule has 27 heavy (non-hydrogen) atoms. The van der Waals surface area contributed by atoms with Gasteiger partial charge in [-0.25, -0.2) is 4.79 Å². The fraction of sp³-hybridized carbons (Fsp3) is 0.350. The maximum atomic E-state index is 12.0. The van der Waals surface area contributed by atoms with Gasteiger partial charge in [-0.3, -0.25) is 9.78 Å². The zero-order chi connectivity index (χ0) is 19.1. The molecule has 0 spiro atoms. The second-order valence-electron chi connectivity index (χ2n) is 6.69. The van der Waals surface area contributed by atoms with E-state index < -0.39 is 17.5 Å². The second-order valence-corrected chi connectivity index (χ2v) is 6.69. The number of hydrogen-bond donors (Lipinski definition) is 2. The van der Waals surface area contributed by atoms with Crippen molar-refractivity contribution in [2.45, 2.75) is 19.4 Å². The van der Waals surface area contributed by atoms with Crippen molar-refractivity contribution in [1.29, 1.82) is 0 Å². The number of amides is 1. The van der Waals surface area contributed by atoms with Crippen LogP contribution in [-0.4, -0.2) is 41.8 Å². The normalized spacial score (nSPS) is 15.8. The van der Waals surface area contributed by atoms with Crippen LogP contribution in [0.2, 0.25) is 0 Å². The van der Waals surface area contributed by atoms with E-state index in [0.717, 1.165) is 11.3 Å². The van der Waals surface area contributed by atoms with Crippen molar-refractivity contribution in [2.75, 3.05) is 24.5 Å². The third-order valence-electron chi connectivity index (χ3n) is 4.99. The highest BCUT2D eigenvalue weighted by atomic mass is 16.5. The quantitative estimate of drug-likeness (QED) is 0.813. The van der Waals surface area contributed by atoms with Crippen LogP contribution in [0, 0.1) is 5.41 Å². The standard InChI is InChI=1S/C20H23N3O4/c24-18(25)20(8-12-23(13-9-20)17-6-10-21-11-7-17)15-22-19(26)27-14-16-4-2-1-3-5-16/h1-7,10-11H,8-9,12-15H2,(H,22,26)(H,24,25). The Hall–Kier alpha value is -3.09. The Balaban J connectivity index is 1.52. The Morgan fingerprint density at radius 2 is 1.78 bits per heavy atom. The van der Waals surface area contributed by atoms with Crippen LogP contribution in [0.3, 0.4) is 0 Å². The molecule has 1 aliphatic heterocycles. The summed E-state index contributed by atoms with van der Waals surface area (Å²) in [5, 5.41) is 12.4. The zero-order valence-electron chi connectivity index (χ0n) is 15.0. The van der Waals surface area contributed by atoms with E-state index in [0.29, 0.717) is 25.9 Å². The van der Waals surface area contributed by atoms with Gasteiger partial charge in [0.15, 0.2) is 0 Å². The van der Waals surface area contributed by atoms with Gasteiger partial charge in [0.05, 0.1) is 5.41 Å². The maximum Gasteiger partial charge on any atom is 0.407 e. The van der Waals surface area contributed by atoms with Crippen LogP contribution in [0.4, 0.5) is 10.5 Å². The smallest absolute Gasteiger partial charge is 0.407 e. The number of carbonyl (C=O) groups excluding carboxylic acids is 1. The van der Waals surface area contributed by atoms with Crippen LogP contribution in [0.25, 0.3) is 0 Å². The largest absolute Gasteiger partial charge is 0.481 e. The predicted octanol–water partition coefficient (Wildman–Crippen LogP) is 2.68. The van der Waals surface area contributed by atoms with Gasteiger partial charge in [0.1, 0.15) is 6.61 Å². The molecule has 0 radical (unpaired) electrons. The fourth-order valence-corrected chi connectivity index (χ4v) is 3.23. The van der Waals surface area contributed by atoms with E-state index in [1.165, 1.54) is 0 Å². The van der Waals surface area contributed by atoms with E-state index >= 15 is 0 Å². The zero-order valence-corrected chi connectivity index (χ0v) is 15.0. The highest BCUT2D eigenvalue weighted by Gasteiger charge is 2.42. The number of hydrogen-bond acceptors (Lipinski definition) is 5. The summed E-state index contributed by atoms with van der Waals surface area (Å²) in [7, 11) is 0. The number of nitrogens with zero attached hydrogens (tertiary/aromatic N) is 2. The number of nitrogens with one attached hydrogen (secondary N) is 1. The van der Waals surface area contributed by atoms with Crippen molar-refractivity contribution in [3.8, 4) is 0 Å². The average Bonchev–Trinajstić information content (AvgIpc) is 2.72. The minimum absolute atomic E-state index is 0.0557. The van der Waals surface area contributed by atoms with Gasteiger partial charge in [-0.15, -0.1) is 0 Å². The number of piperidine rings is 1. The first kappa shape index (κ1) is 18.7. The van der Waals surface area contributed by atoms with Crippen molar-refractivity contribution in [1.82, 2.24) is 10.3 Å². The molecule has 1 aromatic heterocycles. The summed E-state index contributed by atoms with van der Waals surface area (Å²) in [5.41, 5.74) is 0.931. The van der Waals surface area contributed by atoms with Gasteiger partial charge < -0.3 is 20.1 Å². The van der Waals surface area contributed by atoms with E-state index in [4.69, 9.17) is 4.74 Å². The summed E-state index contributed by atoms with van der Waals surface area (Å²) >= 11 is 0. The molecule has 2 aromatic rings. The molecule has 0 saturated carbocycles. The minimum Gasteiger partial charge on any atom is -0.481 e. The van der Waals surface area contributed by atoms with Crippen molar-refractivity contribution in [3.05, 3.63) is 60.4 Å². The number of ether oxygens (including phenoxy) is 1. The Kier molecular flexibility index (Phi) is 5.90. The predicted molar refractivity (Wildman–Crippen MR) is 100 cm³/mol. The second kappa shape index (κ2) is 8.53.